The second-order valence-corrected chi connectivity index (χ2v) is 8.23. The van der Waals surface area contributed by atoms with Crippen molar-refractivity contribution in [1.29, 1.82) is 0 Å². The van der Waals surface area contributed by atoms with E-state index in [0.29, 0.717) is 0 Å². The highest BCUT2D eigenvalue weighted by molar-refractivity contribution is 7.20. The number of aryl methyl sites for hydroxylation is 1. The van der Waals surface area contributed by atoms with Gasteiger partial charge in [-0.3, -0.25) is 0 Å². The van der Waals surface area contributed by atoms with E-state index in [1.165, 1.54) is 0 Å². The van der Waals surface area contributed by atoms with Gasteiger partial charge < -0.3 is 14.4 Å². The number of rotatable bonds is 2. The second kappa shape index (κ2) is 5.47. The van der Waals surface area contributed by atoms with Gasteiger partial charge in [-0.1, -0.05) is 32.1 Å². The first-order chi connectivity index (χ1) is 11.4. The summed E-state index contributed by atoms with van der Waals surface area (Å²) in [5.41, 5.74) is 1.15. The second-order valence-electron chi connectivity index (χ2n) is 7.30. The average Bonchev–Trinajstić information content (AvgIpc) is 3.20. The van der Waals surface area contributed by atoms with Crippen molar-refractivity contribution in [3.05, 3.63) is 24.3 Å². The molecule has 0 saturated carbocycles. The lowest BCUT2D eigenvalue weighted by molar-refractivity contribution is 0.572. The molecule has 1 fully saturated rings. The van der Waals surface area contributed by atoms with Gasteiger partial charge in [0.25, 0.3) is 0 Å². The van der Waals surface area contributed by atoms with E-state index in [0.717, 1.165) is 47.9 Å². The molecular formula is C16H23N7S. The number of imidazole rings is 2. The molecule has 4 rings (SSSR count). The highest BCUT2D eigenvalue weighted by Gasteiger charge is 2.24. The van der Waals surface area contributed by atoms with Gasteiger partial charge >= 0.3 is 0 Å². The zero-order valence-electron chi connectivity index (χ0n) is 14.6. The largest absolute Gasteiger partial charge is 0.343 e. The van der Waals surface area contributed by atoms with Crippen LogP contribution in [0, 0.1) is 0 Å². The molecule has 0 aliphatic carbocycles. The summed E-state index contributed by atoms with van der Waals surface area (Å²) in [6, 6.07) is 0. The molecule has 0 radical (unpaired) electrons. The van der Waals surface area contributed by atoms with Crippen molar-refractivity contribution >= 4 is 27.4 Å². The van der Waals surface area contributed by atoms with Crippen molar-refractivity contribution in [3.63, 3.8) is 0 Å². The summed E-state index contributed by atoms with van der Waals surface area (Å²) in [6.45, 7) is 10.4. The third-order valence-corrected chi connectivity index (χ3v) is 5.41. The van der Waals surface area contributed by atoms with E-state index in [1.54, 1.807) is 11.3 Å². The zero-order chi connectivity index (χ0) is 16.9. The topological polar surface area (TPSA) is 54.5 Å². The van der Waals surface area contributed by atoms with Crippen LogP contribution < -0.4 is 9.80 Å². The molecule has 7 nitrogen and oxygen atoms in total. The Hall–Kier alpha value is -2.09. The fraction of sp³-hybridized carbons (Fsp3) is 0.562. The van der Waals surface area contributed by atoms with Gasteiger partial charge in [0.1, 0.15) is 0 Å². The lowest BCUT2D eigenvalue weighted by Crippen LogP contribution is -2.47. The Morgan fingerprint density at radius 2 is 1.79 bits per heavy atom. The smallest absolute Gasteiger partial charge is 0.214 e. The van der Waals surface area contributed by atoms with Gasteiger partial charge in [0.05, 0.1) is 11.9 Å². The number of hydrogen-bond acceptors (Lipinski definition) is 6. The minimum Gasteiger partial charge on any atom is -0.343 e. The Morgan fingerprint density at radius 3 is 2.38 bits per heavy atom. The summed E-state index contributed by atoms with van der Waals surface area (Å²) < 4.78 is 3.99. The van der Waals surface area contributed by atoms with Crippen LogP contribution in [0.15, 0.2) is 18.6 Å². The van der Waals surface area contributed by atoms with Crippen LogP contribution >= 0.6 is 11.3 Å². The summed E-state index contributed by atoms with van der Waals surface area (Å²) in [5.74, 6) is 1.04. The normalized spacial score (nSPS) is 16.3. The molecule has 24 heavy (non-hydrogen) atoms. The van der Waals surface area contributed by atoms with Gasteiger partial charge in [0, 0.05) is 51.0 Å². The fourth-order valence-corrected chi connectivity index (χ4v) is 3.87. The third-order valence-electron chi connectivity index (χ3n) is 4.43. The first-order valence-electron chi connectivity index (χ1n) is 8.26. The van der Waals surface area contributed by atoms with Crippen LogP contribution in [0.25, 0.3) is 4.96 Å². The number of aromatic nitrogens is 5. The van der Waals surface area contributed by atoms with Crippen LogP contribution in [0.5, 0.6) is 0 Å². The molecule has 0 amide bonds. The predicted molar refractivity (Wildman–Crippen MR) is 97.2 cm³/mol. The molecule has 1 saturated heterocycles. The molecule has 0 atom stereocenters. The van der Waals surface area contributed by atoms with E-state index in [-0.39, 0.29) is 5.41 Å². The third kappa shape index (κ3) is 2.64. The Labute approximate surface area is 145 Å². The number of fused-ring (bicyclic) bond motifs is 1. The average molecular weight is 345 g/mol. The molecule has 1 aliphatic heterocycles. The molecule has 4 heterocycles. The maximum Gasteiger partial charge on any atom is 0.214 e. The van der Waals surface area contributed by atoms with Crippen LogP contribution in [0.1, 0.15) is 26.5 Å². The van der Waals surface area contributed by atoms with E-state index in [2.05, 4.69) is 46.3 Å². The van der Waals surface area contributed by atoms with Crippen molar-refractivity contribution in [2.45, 2.75) is 26.2 Å². The monoisotopic (exact) mass is 345 g/mol. The summed E-state index contributed by atoms with van der Waals surface area (Å²) >= 11 is 1.67. The first-order valence-corrected chi connectivity index (χ1v) is 9.07. The summed E-state index contributed by atoms with van der Waals surface area (Å²) in [4.78, 5) is 14.8. The lowest BCUT2D eigenvalue weighted by atomic mass is 9.93. The van der Waals surface area contributed by atoms with Crippen LogP contribution in [0.2, 0.25) is 0 Å². The molecular weight excluding hydrogens is 322 g/mol. The van der Waals surface area contributed by atoms with Crippen molar-refractivity contribution in [2.24, 2.45) is 7.05 Å². The number of anilines is 2. The highest BCUT2D eigenvalue weighted by Crippen LogP contribution is 2.28. The van der Waals surface area contributed by atoms with Crippen molar-refractivity contribution < 1.29 is 0 Å². The molecule has 0 N–H and O–H groups in total. The maximum atomic E-state index is 4.74. The van der Waals surface area contributed by atoms with E-state index in [1.807, 2.05) is 24.0 Å². The van der Waals surface area contributed by atoms with Gasteiger partial charge in [0.2, 0.25) is 16.0 Å². The fourth-order valence-electron chi connectivity index (χ4n) is 2.94. The van der Waals surface area contributed by atoms with Gasteiger partial charge in [-0.15, -0.1) is 5.10 Å². The van der Waals surface area contributed by atoms with Gasteiger partial charge in [-0.25, -0.2) is 14.5 Å². The molecule has 0 bridgehead atoms. The molecule has 0 aromatic carbocycles. The highest BCUT2D eigenvalue weighted by atomic mass is 32.1. The predicted octanol–water partition coefficient (Wildman–Crippen LogP) is 2.15. The van der Waals surface area contributed by atoms with Crippen LogP contribution in [0.4, 0.5) is 11.1 Å². The SMILES string of the molecule is Cn1ccnc1N1CCN(c2nn3cc(C(C)(C)C)nc3s2)CC1. The Morgan fingerprint density at radius 1 is 1.08 bits per heavy atom. The Balaban J connectivity index is 1.48. The van der Waals surface area contributed by atoms with E-state index >= 15 is 0 Å². The number of hydrogen-bond donors (Lipinski definition) is 0. The zero-order valence-corrected chi connectivity index (χ0v) is 15.4. The summed E-state index contributed by atoms with van der Waals surface area (Å²) in [6.07, 6.45) is 5.90. The lowest BCUT2D eigenvalue weighted by Gasteiger charge is -2.34. The molecule has 128 valence electrons. The number of nitrogens with zero attached hydrogens (tertiary/aromatic N) is 7. The van der Waals surface area contributed by atoms with Crippen LogP contribution in [0.3, 0.4) is 0 Å². The van der Waals surface area contributed by atoms with Gasteiger partial charge in [0.15, 0.2) is 0 Å². The molecule has 3 aromatic heterocycles. The van der Waals surface area contributed by atoms with E-state index in [4.69, 9.17) is 10.1 Å². The standard InChI is InChI=1S/C16H23N7S/c1-16(2,3)12-11-23-14(18-12)24-15(19-23)22-9-7-21(8-10-22)13-17-5-6-20(13)4/h5-6,11H,7-10H2,1-4H3. The minimum absolute atomic E-state index is 0.0568. The summed E-state index contributed by atoms with van der Waals surface area (Å²) in [7, 11) is 2.04. The van der Waals surface area contributed by atoms with Crippen molar-refractivity contribution in [2.75, 3.05) is 36.0 Å². The Kier molecular flexibility index (Phi) is 3.52. The van der Waals surface area contributed by atoms with Crippen LogP contribution in [-0.2, 0) is 12.5 Å². The molecule has 1 aliphatic rings. The molecule has 3 aromatic rings. The summed E-state index contributed by atoms with van der Waals surface area (Å²) in [5, 5.41) is 5.79. The molecule has 8 heteroatoms. The van der Waals surface area contributed by atoms with Gasteiger partial charge in [-0.2, -0.15) is 0 Å². The van der Waals surface area contributed by atoms with Crippen molar-refractivity contribution in [1.82, 2.24) is 24.1 Å². The minimum atomic E-state index is 0.0568. The number of piperazine rings is 1. The van der Waals surface area contributed by atoms with Crippen molar-refractivity contribution in [3.8, 4) is 0 Å². The van der Waals surface area contributed by atoms with Gasteiger partial charge in [-0.05, 0) is 0 Å². The van der Waals surface area contributed by atoms with E-state index in [9.17, 15) is 0 Å². The maximum absolute atomic E-state index is 4.74. The molecule has 0 spiro atoms. The quantitative estimate of drug-likeness (QED) is 0.712. The van der Waals surface area contributed by atoms with Crippen LogP contribution in [-0.4, -0.2) is 50.3 Å². The first kappa shape index (κ1) is 15.4. The van der Waals surface area contributed by atoms with E-state index < -0.39 is 0 Å². The molecule has 0 unspecified atom stereocenters. The Bertz CT molecular complexity index is 814.